The number of hydrogen-bond acceptors (Lipinski definition) is 5. The van der Waals surface area contributed by atoms with Crippen LogP contribution < -0.4 is 9.47 Å². The molecule has 5 nitrogen and oxygen atoms in total. The van der Waals surface area contributed by atoms with Gasteiger partial charge in [0.05, 0.1) is 19.3 Å². The second-order valence-corrected chi connectivity index (χ2v) is 8.80. The lowest BCUT2D eigenvalue weighted by Gasteiger charge is -2.46. The Labute approximate surface area is 182 Å². The van der Waals surface area contributed by atoms with Crippen LogP contribution in [-0.2, 0) is 0 Å². The number of piperidine rings is 1. The summed E-state index contributed by atoms with van der Waals surface area (Å²) in [5, 5.41) is 23.8. The average Bonchev–Trinajstić information content (AvgIpc) is 2.80. The summed E-state index contributed by atoms with van der Waals surface area (Å²) in [5.74, 6) is 1.63. The summed E-state index contributed by atoms with van der Waals surface area (Å²) in [6.07, 6.45) is 1.24. The summed E-state index contributed by atoms with van der Waals surface area (Å²) < 4.78 is 11.8. The van der Waals surface area contributed by atoms with Gasteiger partial charge in [-0.2, -0.15) is 0 Å². The van der Waals surface area contributed by atoms with Gasteiger partial charge in [0.15, 0.2) is 0 Å². The van der Waals surface area contributed by atoms with Crippen LogP contribution in [0.15, 0.2) is 60.7 Å². The van der Waals surface area contributed by atoms with Crippen LogP contribution in [0.25, 0.3) is 10.8 Å². The molecule has 2 aliphatic heterocycles. The molecule has 2 heterocycles. The van der Waals surface area contributed by atoms with Crippen LogP contribution in [0, 0.1) is 0 Å². The third-order valence-corrected chi connectivity index (χ3v) is 6.85. The van der Waals surface area contributed by atoms with Gasteiger partial charge in [0, 0.05) is 37.0 Å². The first-order chi connectivity index (χ1) is 15.1. The number of methoxy groups -OCH3 is 1. The highest BCUT2D eigenvalue weighted by Crippen LogP contribution is 2.47. The minimum atomic E-state index is -0.539. The Morgan fingerprint density at radius 2 is 1.81 bits per heavy atom. The van der Waals surface area contributed by atoms with Gasteiger partial charge >= 0.3 is 0 Å². The number of fused-ring (bicyclic) bond motifs is 3. The second kappa shape index (κ2) is 8.15. The third-order valence-electron chi connectivity index (χ3n) is 6.85. The molecule has 1 spiro atoms. The number of aliphatic hydroxyl groups is 2. The van der Waals surface area contributed by atoms with E-state index >= 15 is 0 Å². The van der Waals surface area contributed by atoms with E-state index in [1.807, 2.05) is 42.5 Å². The first-order valence-corrected chi connectivity index (χ1v) is 11.0. The van der Waals surface area contributed by atoms with E-state index in [1.165, 1.54) is 0 Å². The van der Waals surface area contributed by atoms with E-state index in [2.05, 4.69) is 23.1 Å². The fraction of sp³-hybridized carbons (Fsp3) is 0.385. The summed E-state index contributed by atoms with van der Waals surface area (Å²) in [6, 6.07) is 19.8. The number of ether oxygens (including phenoxy) is 2. The van der Waals surface area contributed by atoms with Crippen molar-refractivity contribution in [1.29, 1.82) is 0 Å². The van der Waals surface area contributed by atoms with E-state index in [4.69, 9.17) is 9.47 Å². The quantitative estimate of drug-likeness (QED) is 0.663. The van der Waals surface area contributed by atoms with Crippen LogP contribution >= 0.6 is 0 Å². The summed E-state index contributed by atoms with van der Waals surface area (Å²) in [4.78, 5) is 2.29. The lowest BCUT2D eigenvalue weighted by Crippen LogP contribution is -2.51. The van der Waals surface area contributed by atoms with Crippen molar-refractivity contribution < 1.29 is 19.7 Å². The highest BCUT2D eigenvalue weighted by Gasteiger charge is 2.43. The van der Waals surface area contributed by atoms with Crippen molar-refractivity contribution in [2.24, 2.45) is 0 Å². The van der Waals surface area contributed by atoms with Crippen LogP contribution in [0.4, 0.5) is 0 Å². The van der Waals surface area contributed by atoms with Gasteiger partial charge in [0.1, 0.15) is 17.1 Å². The average molecular weight is 420 g/mol. The predicted molar refractivity (Wildman–Crippen MR) is 121 cm³/mol. The molecule has 0 radical (unpaired) electrons. The zero-order valence-corrected chi connectivity index (χ0v) is 17.8. The maximum Gasteiger partial charge on any atom is 0.133 e. The van der Waals surface area contributed by atoms with Crippen molar-refractivity contribution in [3.05, 3.63) is 71.8 Å². The smallest absolute Gasteiger partial charge is 0.133 e. The molecule has 5 rings (SSSR count). The van der Waals surface area contributed by atoms with Crippen molar-refractivity contribution in [1.82, 2.24) is 4.90 Å². The van der Waals surface area contributed by atoms with E-state index in [9.17, 15) is 10.2 Å². The first-order valence-electron chi connectivity index (χ1n) is 11.0. The summed E-state index contributed by atoms with van der Waals surface area (Å²) in [6.45, 7) is 2.25. The van der Waals surface area contributed by atoms with E-state index in [1.54, 1.807) is 7.11 Å². The molecule has 2 N–H and O–H groups in total. The third kappa shape index (κ3) is 3.89. The molecular formula is C26H29NO4. The predicted octanol–water partition coefficient (Wildman–Crippen LogP) is 4.23. The van der Waals surface area contributed by atoms with E-state index in [0.717, 1.165) is 59.3 Å². The van der Waals surface area contributed by atoms with Crippen molar-refractivity contribution in [3.8, 4) is 11.5 Å². The van der Waals surface area contributed by atoms with Gasteiger partial charge < -0.3 is 24.6 Å². The molecule has 0 bridgehead atoms. The van der Waals surface area contributed by atoms with E-state index in [0.29, 0.717) is 13.0 Å². The SMILES string of the molecule is COc1ccc([C@H](O)CN2CCC3(CC2)C[C@@H](O)c2ccc4ccccc4c2O3)cc1. The highest BCUT2D eigenvalue weighted by molar-refractivity contribution is 5.90. The molecule has 2 aliphatic rings. The van der Waals surface area contributed by atoms with E-state index < -0.39 is 12.2 Å². The Balaban J connectivity index is 1.28. The first kappa shape index (κ1) is 20.3. The Morgan fingerprint density at radius 1 is 1.06 bits per heavy atom. The topological polar surface area (TPSA) is 62.2 Å². The van der Waals surface area contributed by atoms with Crippen molar-refractivity contribution in [2.75, 3.05) is 26.7 Å². The van der Waals surface area contributed by atoms with Gasteiger partial charge in [-0.05, 0) is 35.9 Å². The summed E-state index contributed by atoms with van der Waals surface area (Å²) >= 11 is 0. The van der Waals surface area contributed by atoms with E-state index in [-0.39, 0.29) is 5.60 Å². The summed E-state index contributed by atoms with van der Waals surface area (Å²) in [7, 11) is 1.64. The van der Waals surface area contributed by atoms with Gasteiger partial charge in [0.25, 0.3) is 0 Å². The highest BCUT2D eigenvalue weighted by atomic mass is 16.5. The second-order valence-electron chi connectivity index (χ2n) is 8.80. The Kier molecular flexibility index (Phi) is 5.34. The van der Waals surface area contributed by atoms with Crippen molar-refractivity contribution in [2.45, 2.75) is 37.1 Å². The molecule has 2 atom stereocenters. The van der Waals surface area contributed by atoms with Crippen LogP contribution in [-0.4, -0.2) is 47.5 Å². The molecule has 1 saturated heterocycles. The molecular weight excluding hydrogens is 390 g/mol. The molecule has 0 aromatic heterocycles. The Bertz CT molecular complexity index is 1060. The fourth-order valence-electron chi connectivity index (χ4n) is 4.98. The maximum atomic E-state index is 10.9. The standard InChI is InChI=1S/C26H29NO4/c1-30-20-9-6-19(7-10-20)24(29)17-27-14-12-26(13-15-27)16-23(28)22-11-8-18-4-2-3-5-21(18)25(22)31-26/h2-11,23-24,28-29H,12-17H2,1H3/t23-,24-/m1/s1. The van der Waals surface area contributed by atoms with Crippen molar-refractivity contribution in [3.63, 3.8) is 0 Å². The van der Waals surface area contributed by atoms with Crippen LogP contribution in [0.1, 0.15) is 42.6 Å². The minimum absolute atomic E-state index is 0.349. The molecule has 3 aromatic rings. The molecule has 0 amide bonds. The maximum absolute atomic E-state index is 10.9. The van der Waals surface area contributed by atoms with Crippen LogP contribution in [0.5, 0.6) is 11.5 Å². The Morgan fingerprint density at radius 3 is 2.55 bits per heavy atom. The zero-order chi connectivity index (χ0) is 21.4. The largest absolute Gasteiger partial charge is 0.497 e. The summed E-state index contributed by atoms with van der Waals surface area (Å²) in [5.41, 5.74) is 1.44. The van der Waals surface area contributed by atoms with Gasteiger partial charge in [-0.15, -0.1) is 0 Å². The van der Waals surface area contributed by atoms with Crippen LogP contribution in [0.3, 0.4) is 0 Å². The number of rotatable bonds is 4. The number of benzene rings is 3. The molecule has 1 fully saturated rings. The lowest BCUT2D eigenvalue weighted by atomic mass is 9.81. The molecule has 3 aromatic carbocycles. The zero-order valence-electron chi connectivity index (χ0n) is 17.8. The molecule has 162 valence electrons. The lowest BCUT2D eigenvalue weighted by molar-refractivity contribution is -0.0577. The monoisotopic (exact) mass is 419 g/mol. The molecule has 0 aliphatic carbocycles. The van der Waals surface area contributed by atoms with Crippen molar-refractivity contribution >= 4 is 10.8 Å². The molecule has 0 unspecified atom stereocenters. The van der Waals surface area contributed by atoms with Gasteiger partial charge in [-0.1, -0.05) is 48.5 Å². The van der Waals surface area contributed by atoms with Gasteiger partial charge in [-0.25, -0.2) is 0 Å². The number of nitrogens with zero attached hydrogens (tertiary/aromatic N) is 1. The number of aliphatic hydroxyl groups excluding tert-OH is 2. The molecule has 31 heavy (non-hydrogen) atoms. The van der Waals surface area contributed by atoms with Gasteiger partial charge in [0.2, 0.25) is 0 Å². The number of likely N-dealkylation sites (tertiary alicyclic amines) is 1. The number of β-amino-alcohol motifs (C(OH)–C–C–N with tert-alkyl or cyclic N) is 1. The number of hydrogen-bond donors (Lipinski definition) is 2. The fourth-order valence-corrected chi connectivity index (χ4v) is 4.98. The Hall–Kier alpha value is -2.60. The van der Waals surface area contributed by atoms with Gasteiger partial charge in [-0.3, -0.25) is 0 Å². The molecule has 0 saturated carbocycles. The minimum Gasteiger partial charge on any atom is -0.497 e. The normalized spacial score (nSPS) is 21.5. The molecule has 5 heteroatoms. The van der Waals surface area contributed by atoms with Crippen LogP contribution in [0.2, 0.25) is 0 Å².